The highest BCUT2D eigenvalue weighted by Crippen LogP contribution is 2.46. The van der Waals surface area contributed by atoms with E-state index in [1.165, 1.54) is 33.7 Å². The van der Waals surface area contributed by atoms with E-state index in [-0.39, 0.29) is 5.41 Å². The summed E-state index contributed by atoms with van der Waals surface area (Å²) in [5, 5.41) is 5.40. The molecule has 1 nitrogen and oxygen atoms in total. The molecule has 1 aromatic carbocycles. The Morgan fingerprint density at radius 2 is 1.72 bits per heavy atom. The second kappa shape index (κ2) is 8.95. The molecule has 154 valence electrons. The highest BCUT2D eigenvalue weighted by Gasteiger charge is 2.22. The number of allylic oxidation sites excluding steroid dienone is 10. The lowest BCUT2D eigenvalue weighted by Gasteiger charge is -2.43. The molecule has 0 saturated carbocycles. The van der Waals surface area contributed by atoms with Crippen molar-refractivity contribution < 1.29 is 0 Å². The number of hydrogen-bond donors (Lipinski definition) is 0. The van der Waals surface area contributed by atoms with Crippen LogP contribution in [0.15, 0.2) is 77.6 Å². The van der Waals surface area contributed by atoms with Crippen molar-refractivity contribution in [2.75, 3.05) is 0 Å². The van der Waals surface area contributed by atoms with Gasteiger partial charge in [0.15, 0.2) is 0 Å². The van der Waals surface area contributed by atoms with Crippen molar-refractivity contribution in [3.05, 3.63) is 100 Å². The molecule has 1 heteroatoms. The van der Waals surface area contributed by atoms with E-state index in [0.29, 0.717) is 11.8 Å². The Balaban J connectivity index is 2.03. The molecule has 0 saturated heterocycles. The van der Waals surface area contributed by atoms with Gasteiger partial charge in [0.2, 0.25) is 0 Å². The van der Waals surface area contributed by atoms with Gasteiger partial charge in [-0.25, -0.2) is 5.70 Å². The van der Waals surface area contributed by atoms with Crippen LogP contribution < -0.4 is 0 Å². The Bertz CT molecular complexity index is 859. The van der Waals surface area contributed by atoms with Crippen LogP contribution in [0.1, 0.15) is 77.3 Å². The minimum absolute atomic E-state index is 0.0724. The van der Waals surface area contributed by atoms with Gasteiger partial charge in [-0.1, -0.05) is 101 Å². The zero-order valence-corrected chi connectivity index (χ0v) is 18.9. The van der Waals surface area contributed by atoms with Gasteiger partial charge in [0.05, 0.1) is 0 Å². The van der Waals surface area contributed by atoms with Crippen LogP contribution in [0, 0.1) is 11.8 Å². The number of para-hydroxylation sites is 1. The van der Waals surface area contributed by atoms with Crippen molar-refractivity contribution in [3.8, 4) is 0 Å². The van der Waals surface area contributed by atoms with Crippen LogP contribution in [0.4, 0.5) is 5.69 Å². The number of benzene rings is 1. The maximum Gasteiger partial charge on any atom is -0.0127 e. The molecule has 1 aromatic rings. The van der Waals surface area contributed by atoms with E-state index in [1.54, 1.807) is 0 Å². The average molecular weight is 386 g/mol. The normalized spacial score (nSPS) is 17.7. The van der Waals surface area contributed by atoms with E-state index in [2.05, 4.69) is 109 Å². The van der Waals surface area contributed by atoms with E-state index < -0.39 is 0 Å². The van der Waals surface area contributed by atoms with Gasteiger partial charge in [0.1, 0.15) is 0 Å². The summed E-state index contributed by atoms with van der Waals surface area (Å²) in [5.41, 5.74) is 7.81. The molecule has 0 spiro atoms. The Kier molecular flexibility index (Phi) is 6.57. The molecule has 0 amide bonds. The molecule has 0 bridgehead atoms. The number of nitrogens with zero attached hydrogens (tertiary/aromatic N) is 1. The van der Waals surface area contributed by atoms with Crippen molar-refractivity contribution in [3.63, 3.8) is 0 Å². The largest absolute Gasteiger partial charge is 0.704 e. The van der Waals surface area contributed by atoms with Gasteiger partial charge in [0.25, 0.3) is 0 Å². The fourth-order valence-electron chi connectivity index (χ4n) is 4.09. The third-order valence-electron chi connectivity index (χ3n) is 5.95. The second-order valence-corrected chi connectivity index (χ2v) is 9.40. The predicted octanol–water partition coefficient (Wildman–Crippen LogP) is 8.83. The summed E-state index contributed by atoms with van der Waals surface area (Å²) in [6.45, 7) is 13.8. The molecule has 0 N–H and O–H groups in total. The van der Waals surface area contributed by atoms with Crippen LogP contribution in [0.5, 0.6) is 0 Å². The maximum absolute atomic E-state index is 5.40. The predicted molar refractivity (Wildman–Crippen MR) is 127 cm³/mol. The Labute approximate surface area is 178 Å². The lowest BCUT2D eigenvalue weighted by Crippen LogP contribution is -2.16. The van der Waals surface area contributed by atoms with Crippen molar-refractivity contribution in [2.45, 2.75) is 66.2 Å². The minimum atomic E-state index is 0.0724. The zero-order valence-electron chi connectivity index (χ0n) is 18.9. The molecule has 29 heavy (non-hydrogen) atoms. The number of rotatable bonds is 7. The van der Waals surface area contributed by atoms with Crippen LogP contribution in [0.2, 0.25) is 0 Å². The maximum atomic E-state index is 5.40. The summed E-state index contributed by atoms with van der Waals surface area (Å²) in [4.78, 5) is 0. The summed E-state index contributed by atoms with van der Waals surface area (Å²) in [5.74, 6) is 0.887. The van der Waals surface area contributed by atoms with Gasteiger partial charge in [-0.3, -0.25) is 0 Å². The first-order chi connectivity index (χ1) is 13.8. The Morgan fingerprint density at radius 1 is 1.03 bits per heavy atom. The van der Waals surface area contributed by atoms with E-state index in [4.69, 9.17) is 5.32 Å². The van der Waals surface area contributed by atoms with E-state index in [0.717, 1.165) is 12.8 Å². The monoisotopic (exact) mass is 385 g/mol. The van der Waals surface area contributed by atoms with Gasteiger partial charge < -0.3 is 5.32 Å². The molecule has 0 fully saturated rings. The first-order valence-electron chi connectivity index (χ1n) is 10.9. The number of hydrogen-bond acceptors (Lipinski definition) is 0. The smallest absolute Gasteiger partial charge is 0.0127 e. The van der Waals surface area contributed by atoms with Crippen LogP contribution in [-0.2, 0) is 0 Å². The molecular formula is C28H35N-2. The van der Waals surface area contributed by atoms with Crippen molar-refractivity contribution in [1.29, 1.82) is 0 Å². The Hall–Kier alpha value is -2.41. The van der Waals surface area contributed by atoms with E-state index in [9.17, 15) is 0 Å². The van der Waals surface area contributed by atoms with Gasteiger partial charge in [-0.2, -0.15) is 5.57 Å². The summed E-state index contributed by atoms with van der Waals surface area (Å²) in [7, 11) is 0. The topological polar surface area (TPSA) is 14.1 Å². The standard InChI is InChI=1S/C28H35N/c1-20(2)24-17-12-18-25(21(3)4)27(24)29-26(22-13-8-7-9-14-22)19-28(5,6)23-15-10-11-16-23/h7-15,17-18,20-21H,16,19H2,1-6H3/q-2. The lowest BCUT2D eigenvalue weighted by atomic mass is 9.78. The molecule has 0 radical (unpaired) electrons. The molecule has 2 aliphatic carbocycles. The molecule has 3 rings (SSSR count). The summed E-state index contributed by atoms with van der Waals surface area (Å²) in [6, 6.07) is 6.67. The SMILES string of the molecule is CC(C)c1cccc(C(C)C)c1[N-]C(CC(C)(C)C1=CC=CC1)=C1C=CC=C[CH-]1. The molecule has 0 atom stereocenters. The van der Waals surface area contributed by atoms with E-state index >= 15 is 0 Å². The molecule has 0 unspecified atom stereocenters. The summed E-state index contributed by atoms with van der Waals surface area (Å²) in [6.07, 6.45) is 19.4. The molecule has 0 aliphatic heterocycles. The van der Waals surface area contributed by atoms with Crippen molar-refractivity contribution in [1.82, 2.24) is 0 Å². The van der Waals surface area contributed by atoms with Crippen LogP contribution >= 0.6 is 0 Å². The van der Waals surface area contributed by atoms with E-state index in [1.807, 2.05) is 0 Å². The van der Waals surface area contributed by atoms with Gasteiger partial charge in [-0.05, 0) is 23.7 Å². The fraction of sp³-hybridized carbons (Fsp3) is 0.393. The quantitative estimate of drug-likeness (QED) is 0.416. The van der Waals surface area contributed by atoms with Gasteiger partial charge in [-0.15, -0.1) is 36.4 Å². The van der Waals surface area contributed by atoms with Gasteiger partial charge in [0, 0.05) is 0 Å². The zero-order chi connectivity index (χ0) is 21.0. The highest BCUT2D eigenvalue weighted by atomic mass is 14.9. The Morgan fingerprint density at radius 3 is 2.24 bits per heavy atom. The van der Waals surface area contributed by atoms with Crippen LogP contribution in [0.3, 0.4) is 0 Å². The third-order valence-corrected chi connectivity index (χ3v) is 5.95. The fourth-order valence-corrected chi connectivity index (χ4v) is 4.09. The van der Waals surface area contributed by atoms with Crippen LogP contribution in [0.25, 0.3) is 5.32 Å². The molecule has 2 aliphatic rings. The molecule has 0 heterocycles. The summed E-state index contributed by atoms with van der Waals surface area (Å²) >= 11 is 0. The molecular weight excluding hydrogens is 350 g/mol. The highest BCUT2D eigenvalue weighted by molar-refractivity contribution is 5.69. The van der Waals surface area contributed by atoms with Crippen LogP contribution in [-0.4, -0.2) is 0 Å². The average Bonchev–Trinajstić information content (AvgIpc) is 3.23. The lowest BCUT2D eigenvalue weighted by molar-refractivity contribution is 0.437. The first-order valence-corrected chi connectivity index (χ1v) is 10.9. The van der Waals surface area contributed by atoms with Crippen molar-refractivity contribution >= 4 is 5.69 Å². The second-order valence-electron chi connectivity index (χ2n) is 9.40. The van der Waals surface area contributed by atoms with Crippen molar-refractivity contribution in [2.24, 2.45) is 5.41 Å². The van der Waals surface area contributed by atoms with Gasteiger partial charge >= 0.3 is 0 Å². The summed E-state index contributed by atoms with van der Waals surface area (Å²) < 4.78 is 0. The minimum Gasteiger partial charge on any atom is -0.704 e. The third kappa shape index (κ3) is 4.96. The molecule has 0 aromatic heterocycles. The first kappa shape index (κ1) is 21.3.